The van der Waals surface area contributed by atoms with Gasteiger partial charge in [-0.15, -0.1) is 8.78 Å². The maximum absolute atomic E-state index is 14.2. The number of carbonyl (C=O) groups is 1. The Morgan fingerprint density at radius 1 is 1.22 bits per heavy atom. The second-order valence-corrected chi connectivity index (χ2v) is 8.61. The first-order chi connectivity index (χ1) is 17.7. The molecule has 2 aromatic heterocycles. The van der Waals surface area contributed by atoms with Crippen LogP contribution in [-0.2, 0) is 11.3 Å². The molecule has 0 spiro atoms. The molecule has 0 unspecified atom stereocenters. The summed E-state index contributed by atoms with van der Waals surface area (Å²) in [5, 5.41) is 4.35. The van der Waals surface area contributed by atoms with Crippen molar-refractivity contribution in [2.45, 2.75) is 31.7 Å². The van der Waals surface area contributed by atoms with Crippen molar-refractivity contribution in [2.75, 3.05) is 12.0 Å². The maximum Gasteiger partial charge on any atom is 0.586 e. The Morgan fingerprint density at radius 3 is 2.76 bits per heavy atom. The first-order valence-electron chi connectivity index (χ1n) is 11.2. The van der Waals surface area contributed by atoms with E-state index in [2.05, 4.69) is 24.5 Å². The molecule has 1 fully saturated rings. The fourth-order valence-corrected chi connectivity index (χ4v) is 4.28. The molecule has 10 nitrogen and oxygen atoms in total. The Hall–Kier alpha value is -4.55. The van der Waals surface area contributed by atoms with Crippen LogP contribution in [0.4, 0.5) is 18.9 Å². The van der Waals surface area contributed by atoms with Crippen LogP contribution in [0, 0.1) is 5.82 Å². The zero-order chi connectivity index (χ0) is 25.9. The highest BCUT2D eigenvalue weighted by atomic mass is 19.3. The van der Waals surface area contributed by atoms with E-state index in [0.29, 0.717) is 24.1 Å². The molecule has 1 N–H and O–H groups in total. The van der Waals surface area contributed by atoms with Crippen molar-refractivity contribution in [2.24, 2.45) is 0 Å². The summed E-state index contributed by atoms with van der Waals surface area (Å²) in [5.74, 6) is -1.18. The molecule has 37 heavy (non-hydrogen) atoms. The van der Waals surface area contributed by atoms with Crippen LogP contribution >= 0.6 is 0 Å². The number of carbonyl (C=O) groups excluding carboxylic acids is 1. The third kappa shape index (κ3) is 4.11. The van der Waals surface area contributed by atoms with E-state index in [-0.39, 0.29) is 40.0 Å². The van der Waals surface area contributed by atoms with Gasteiger partial charge in [-0.3, -0.25) is 9.59 Å². The number of anilines is 1. The SMILES string of the molecule is COc1cc(F)cc(-c2nn(CC(=O)N(c3ccc4c(c3)OC(F)(F)O4)C3CC3)c(=O)c3nc[nH]c23)c1. The highest BCUT2D eigenvalue weighted by molar-refractivity contribution is 5.95. The highest BCUT2D eigenvalue weighted by Gasteiger charge is 2.44. The lowest BCUT2D eigenvalue weighted by Gasteiger charge is -2.23. The van der Waals surface area contributed by atoms with Crippen molar-refractivity contribution < 1.29 is 32.2 Å². The molecular weight excluding hydrogens is 495 g/mol. The van der Waals surface area contributed by atoms with Gasteiger partial charge in [-0.1, -0.05) is 0 Å². The van der Waals surface area contributed by atoms with Crippen molar-refractivity contribution >= 4 is 22.6 Å². The van der Waals surface area contributed by atoms with Gasteiger partial charge in [0.1, 0.15) is 23.8 Å². The molecular formula is C24H18F3N5O5. The van der Waals surface area contributed by atoms with Gasteiger partial charge in [0.2, 0.25) is 5.91 Å². The van der Waals surface area contributed by atoms with Gasteiger partial charge in [0.15, 0.2) is 17.0 Å². The number of hydrogen-bond donors (Lipinski definition) is 1. The van der Waals surface area contributed by atoms with Crippen LogP contribution in [0.25, 0.3) is 22.3 Å². The zero-order valence-electron chi connectivity index (χ0n) is 19.2. The lowest BCUT2D eigenvalue weighted by molar-refractivity contribution is -0.286. The number of halogens is 3. The van der Waals surface area contributed by atoms with E-state index in [4.69, 9.17) is 4.74 Å². The number of imidazole rings is 1. The number of rotatable bonds is 6. The molecule has 1 aliphatic heterocycles. The highest BCUT2D eigenvalue weighted by Crippen LogP contribution is 2.44. The second-order valence-electron chi connectivity index (χ2n) is 8.61. The first kappa shape index (κ1) is 22.9. The molecule has 1 aliphatic carbocycles. The third-order valence-electron chi connectivity index (χ3n) is 6.04. The largest absolute Gasteiger partial charge is 0.586 e. The number of ether oxygens (including phenoxy) is 3. The predicted molar refractivity (Wildman–Crippen MR) is 123 cm³/mol. The Labute approximate surface area is 206 Å². The summed E-state index contributed by atoms with van der Waals surface area (Å²) in [6.07, 6.45) is -1.09. The van der Waals surface area contributed by atoms with Gasteiger partial charge in [0.05, 0.1) is 19.0 Å². The Bertz CT molecular complexity index is 1610. The fraction of sp³-hybridized carbons (Fsp3) is 0.250. The summed E-state index contributed by atoms with van der Waals surface area (Å²) in [6.45, 7) is -0.470. The summed E-state index contributed by atoms with van der Waals surface area (Å²) in [5.41, 5.74) is 0.486. The number of nitrogens with one attached hydrogen (secondary N) is 1. The van der Waals surface area contributed by atoms with Crippen LogP contribution in [0.2, 0.25) is 0 Å². The van der Waals surface area contributed by atoms with Crippen molar-refractivity contribution in [3.63, 3.8) is 0 Å². The molecule has 3 heterocycles. The average Bonchev–Trinajstić information content (AvgIpc) is 3.45. The minimum absolute atomic E-state index is 0.0179. The minimum Gasteiger partial charge on any atom is -0.497 e. The van der Waals surface area contributed by atoms with Gasteiger partial charge in [-0.05, 0) is 37.1 Å². The van der Waals surface area contributed by atoms with Crippen LogP contribution < -0.4 is 24.7 Å². The normalized spacial score (nSPS) is 15.7. The number of nitrogens with zero attached hydrogens (tertiary/aromatic N) is 4. The van der Waals surface area contributed by atoms with E-state index in [1.165, 1.54) is 48.7 Å². The zero-order valence-corrected chi connectivity index (χ0v) is 19.2. The lowest BCUT2D eigenvalue weighted by atomic mass is 10.1. The number of aromatic amines is 1. The van der Waals surface area contributed by atoms with Crippen LogP contribution in [0.15, 0.2) is 47.5 Å². The third-order valence-corrected chi connectivity index (χ3v) is 6.04. The number of hydrogen-bond acceptors (Lipinski definition) is 7. The molecule has 190 valence electrons. The van der Waals surface area contributed by atoms with Crippen molar-refractivity contribution in [3.8, 4) is 28.5 Å². The standard InChI is InChI=1S/C24H18F3N5O5/c1-35-16-7-12(6-13(25)8-16)20-21-22(29-11-28-21)23(34)31(30-20)10-19(33)32(14-2-3-14)15-4-5-17-18(9-15)37-24(26,27)36-17/h4-9,11,14H,2-3,10H2,1H3,(H,28,29). The molecule has 2 aliphatic rings. The quantitative estimate of drug-likeness (QED) is 0.420. The predicted octanol–water partition coefficient (Wildman–Crippen LogP) is 3.45. The van der Waals surface area contributed by atoms with Gasteiger partial charge in [-0.25, -0.2) is 14.1 Å². The fourth-order valence-electron chi connectivity index (χ4n) is 4.28. The number of H-pyrrole nitrogens is 1. The lowest BCUT2D eigenvalue weighted by Crippen LogP contribution is -2.39. The molecule has 1 saturated carbocycles. The topological polar surface area (TPSA) is 112 Å². The maximum atomic E-state index is 14.2. The molecule has 0 radical (unpaired) electrons. The summed E-state index contributed by atoms with van der Waals surface area (Å²) < 4.78 is 56.2. The monoisotopic (exact) mass is 513 g/mol. The van der Waals surface area contributed by atoms with Crippen molar-refractivity contribution in [1.29, 1.82) is 0 Å². The number of amides is 1. The molecule has 13 heteroatoms. The summed E-state index contributed by atoms with van der Waals surface area (Å²) in [4.78, 5) is 34.9. The number of fused-ring (bicyclic) bond motifs is 2. The van der Waals surface area contributed by atoms with E-state index in [9.17, 15) is 22.8 Å². The Balaban J connectivity index is 1.38. The van der Waals surface area contributed by atoms with Gasteiger partial charge in [-0.2, -0.15) is 5.10 Å². The van der Waals surface area contributed by atoms with Crippen molar-refractivity contribution in [1.82, 2.24) is 19.7 Å². The van der Waals surface area contributed by atoms with E-state index >= 15 is 0 Å². The molecule has 0 atom stereocenters. The van der Waals surface area contributed by atoms with Crippen LogP contribution in [0.3, 0.4) is 0 Å². The van der Waals surface area contributed by atoms with Crippen LogP contribution in [0.1, 0.15) is 12.8 Å². The number of alkyl halides is 2. The average molecular weight is 513 g/mol. The molecule has 1 amide bonds. The molecule has 0 bridgehead atoms. The number of benzene rings is 2. The summed E-state index contributed by atoms with van der Waals surface area (Å²) in [7, 11) is 1.39. The number of methoxy groups -OCH3 is 1. The number of aromatic nitrogens is 4. The Kier molecular flexibility index (Phi) is 5.10. The first-order valence-corrected chi connectivity index (χ1v) is 11.2. The molecule has 2 aromatic carbocycles. The van der Waals surface area contributed by atoms with E-state index < -0.39 is 30.1 Å². The van der Waals surface area contributed by atoms with Gasteiger partial charge in [0, 0.05) is 29.4 Å². The molecule has 6 rings (SSSR count). The van der Waals surface area contributed by atoms with Crippen molar-refractivity contribution in [3.05, 3.63) is 58.9 Å². The van der Waals surface area contributed by atoms with E-state index in [1.807, 2.05) is 0 Å². The summed E-state index contributed by atoms with van der Waals surface area (Å²) in [6, 6.07) is 7.85. The second kappa shape index (κ2) is 8.25. The Morgan fingerprint density at radius 2 is 2.00 bits per heavy atom. The smallest absolute Gasteiger partial charge is 0.497 e. The minimum atomic E-state index is -3.79. The van der Waals surface area contributed by atoms with Gasteiger partial charge < -0.3 is 24.1 Å². The molecule has 0 saturated heterocycles. The van der Waals surface area contributed by atoms with Crippen LogP contribution in [0.5, 0.6) is 17.2 Å². The van der Waals surface area contributed by atoms with Gasteiger partial charge >= 0.3 is 6.29 Å². The summed E-state index contributed by atoms with van der Waals surface area (Å²) >= 11 is 0. The van der Waals surface area contributed by atoms with Crippen LogP contribution in [-0.4, -0.2) is 45.1 Å². The van der Waals surface area contributed by atoms with Gasteiger partial charge in [0.25, 0.3) is 5.56 Å². The van der Waals surface area contributed by atoms with E-state index in [1.54, 1.807) is 6.07 Å². The van der Waals surface area contributed by atoms with E-state index in [0.717, 1.165) is 4.68 Å². The molecule has 4 aromatic rings.